The molecule has 19 heavy (non-hydrogen) atoms. The van der Waals surface area contributed by atoms with E-state index >= 15 is 0 Å². The Kier molecular flexibility index (Phi) is 2.30. The summed E-state index contributed by atoms with van der Waals surface area (Å²) >= 11 is 3.22. The second-order valence-corrected chi connectivity index (χ2v) is 6.17. The molecular formula is C14H8N2OS2. The van der Waals surface area contributed by atoms with Gasteiger partial charge in [-0.3, -0.25) is 4.79 Å². The first kappa shape index (κ1) is 10.9. The molecule has 0 atom stereocenters. The van der Waals surface area contributed by atoms with E-state index in [0.29, 0.717) is 4.70 Å². The molecule has 92 valence electrons. The van der Waals surface area contributed by atoms with Gasteiger partial charge in [-0.1, -0.05) is 18.2 Å². The van der Waals surface area contributed by atoms with Gasteiger partial charge in [-0.25, -0.2) is 4.98 Å². The molecule has 0 saturated carbocycles. The van der Waals surface area contributed by atoms with Gasteiger partial charge in [0, 0.05) is 25.9 Å². The quantitative estimate of drug-likeness (QED) is 0.577. The molecule has 1 N–H and O–H groups in total. The Morgan fingerprint density at radius 3 is 3.00 bits per heavy atom. The molecule has 0 amide bonds. The summed E-state index contributed by atoms with van der Waals surface area (Å²) in [5, 5.41) is 3.37. The Morgan fingerprint density at radius 1 is 1.21 bits per heavy atom. The van der Waals surface area contributed by atoms with Crippen LogP contribution in [0.1, 0.15) is 0 Å². The number of nitrogens with zero attached hydrogens (tertiary/aromatic N) is 1. The van der Waals surface area contributed by atoms with E-state index in [1.807, 2.05) is 18.2 Å². The van der Waals surface area contributed by atoms with Crippen LogP contribution in [0.15, 0.2) is 46.8 Å². The van der Waals surface area contributed by atoms with Crippen LogP contribution >= 0.6 is 22.7 Å². The predicted molar refractivity (Wildman–Crippen MR) is 81.1 cm³/mol. The zero-order chi connectivity index (χ0) is 12.8. The van der Waals surface area contributed by atoms with Crippen molar-refractivity contribution >= 4 is 43.0 Å². The van der Waals surface area contributed by atoms with E-state index in [0.717, 1.165) is 10.4 Å². The number of rotatable bonds is 1. The summed E-state index contributed by atoms with van der Waals surface area (Å²) in [5.74, 6) is 0. The largest absolute Gasteiger partial charge is 0.312 e. The molecule has 4 aromatic rings. The van der Waals surface area contributed by atoms with Gasteiger partial charge in [0.2, 0.25) is 0 Å². The topological polar surface area (TPSA) is 45.8 Å². The monoisotopic (exact) mass is 284 g/mol. The minimum Gasteiger partial charge on any atom is -0.312 e. The maximum Gasteiger partial charge on any atom is 0.268 e. The van der Waals surface area contributed by atoms with Gasteiger partial charge in [-0.05, 0) is 12.1 Å². The molecule has 0 aliphatic heterocycles. The second-order valence-electron chi connectivity index (χ2n) is 4.20. The summed E-state index contributed by atoms with van der Waals surface area (Å²) in [5.41, 5.74) is 1.88. The van der Waals surface area contributed by atoms with Crippen LogP contribution in [-0.2, 0) is 0 Å². The number of fused-ring (bicyclic) bond motifs is 2. The molecule has 0 aliphatic carbocycles. The Labute approximate surface area is 116 Å². The molecule has 3 heterocycles. The van der Waals surface area contributed by atoms with Crippen molar-refractivity contribution in [2.45, 2.75) is 0 Å². The van der Waals surface area contributed by atoms with Crippen LogP contribution in [0.2, 0.25) is 0 Å². The molecule has 5 heteroatoms. The van der Waals surface area contributed by atoms with Crippen molar-refractivity contribution in [1.82, 2.24) is 9.97 Å². The normalized spacial score (nSPS) is 11.4. The minimum atomic E-state index is -0.0687. The molecule has 3 aromatic heterocycles. The average molecular weight is 284 g/mol. The van der Waals surface area contributed by atoms with Gasteiger partial charge in [0.15, 0.2) is 0 Å². The number of thiophene rings is 2. The number of H-pyrrole nitrogens is 1. The number of nitrogens with one attached hydrogen (secondary N) is 1. The third-order valence-corrected chi connectivity index (χ3v) is 5.18. The fourth-order valence-corrected chi connectivity index (χ4v) is 4.24. The van der Waals surface area contributed by atoms with Crippen LogP contribution in [0.5, 0.6) is 0 Å². The molecule has 1 aromatic carbocycles. The first-order valence-electron chi connectivity index (χ1n) is 5.77. The Morgan fingerprint density at radius 2 is 2.11 bits per heavy atom. The molecule has 4 rings (SSSR count). The van der Waals surface area contributed by atoms with Crippen molar-refractivity contribution in [3.63, 3.8) is 0 Å². The van der Waals surface area contributed by atoms with Crippen LogP contribution < -0.4 is 5.56 Å². The third kappa shape index (κ3) is 1.63. The molecule has 0 aliphatic rings. The van der Waals surface area contributed by atoms with Gasteiger partial charge >= 0.3 is 0 Å². The lowest BCUT2D eigenvalue weighted by Crippen LogP contribution is -2.02. The van der Waals surface area contributed by atoms with E-state index in [1.165, 1.54) is 33.3 Å². The van der Waals surface area contributed by atoms with Gasteiger partial charge < -0.3 is 4.98 Å². The molecule has 0 bridgehead atoms. The van der Waals surface area contributed by atoms with Gasteiger partial charge in [-0.2, -0.15) is 0 Å². The fourth-order valence-electron chi connectivity index (χ4n) is 2.17. The zero-order valence-corrected chi connectivity index (χ0v) is 11.3. The number of aromatic amines is 1. The lowest BCUT2D eigenvalue weighted by molar-refractivity contribution is 1.18. The highest BCUT2D eigenvalue weighted by atomic mass is 32.1. The molecule has 0 spiro atoms. The van der Waals surface area contributed by atoms with Gasteiger partial charge in [0.1, 0.15) is 4.70 Å². The molecule has 0 radical (unpaired) electrons. The summed E-state index contributed by atoms with van der Waals surface area (Å²) in [6.07, 6.45) is 1.45. The van der Waals surface area contributed by atoms with Crippen molar-refractivity contribution < 1.29 is 0 Å². The Balaban J connectivity index is 2.04. The number of aromatic nitrogens is 2. The maximum atomic E-state index is 11.7. The fraction of sp³-hybridized carbons (Fsp3) is 0. The average Bonchev–Trinajstić information content (AvgIpc) is 3.02. The molecule has 3 nitrogen and oxygen atoms in total. The summed E-state index contributed by atoms with van der Waals surface area (Å²) in [4.78, 5) is 19.7. The predicted octanol–water partition coefficient (Wildman–Crippen LogP) is 3.87. The van der Waals surface area contributed by atoms with E-state index < -0.39 is 0 Å². The first-order chi connectivity index (χ1) is 9.33. The SMILES string of the molecule is O=c1[nH]cnc2cc(-c3csc4ccccc34)sc12. The number of hydrogen-bond donors (Lipinski definition) is 1. The Bertz CT molecular complexity index is 949. The highest BCUT2D eigenvalue weighted by Crippen LogP contribution is 2.38. The Hall–Kier alpha value is -1.98. The van der Waals surface area contributed by atoms with E-state index in [-0.39, 0.29) is 5.56 Å². The van der Waals surface area contributed by atoms with Crippen LogP contribution in [0.4, 0.5) is 0 Å². The van der Waals surface area contributed by atoms with Gasteiger partial charge in [0.25, 0.3) is 5.56 Å². The number of benzene rings is 1. The molecule has 0 saturated heterocycles. The lowest BCUT2D eigenvalue weighted by Gasteiger charge is -1.93. The van der Waals surface area contributed by atoms with Crippen molar-refractivity contribution in [3.8, 4) is 10.4 Å². The van der Waals surface area contributed by atoms with E-state index in [2.05, 4.69) is 27.5 Å². The van der Waals surface area contributed by atoms with Crippen LogP contribution in [-0.4, -0.2) is 9.97 Å². The third-order valence-electron chi connectivity index (χ3n) is 3.06. The minimum absolute atomic E-state index is 0.0687. The van der Waals surface area contributed by atoms with E-state index in [1.54, 1.807) is 11.3 Å². The van der Waals surface area contributed by atoms with Gasteiger partial charge in [-0.15, -0.1) is 22.7 Å². The van der Waals surface area contributed by atoms with E-state index in [4.69, 9.17) is 0 Å². The second kappa shape index (κ2) is 4.01. The molecule has 0 unspecified atom stereocenters. The number of hydrogen-bond acceptors (Lipinski definition) is 4. The van der Waals surface area contributed by atoms with Crippen molar-refractivity contribution in [2.75, 3.05) is 0 Å². The summed E-state index contributed by atoms with van der Waals surface area (Å²) < 4.78 is 1.95. The highest BCUT2D eigenvalue weighted by molar-refractivity contribution is 7.23. The van der Waals surface area contributed by atoms with Crippen LogP contribution in [0, 0.1) is 0 Å². The summed E-state index contributed by atoms with van der Waals surface area (Å²) in [6, 6.07) is 10.3. The van der Waals surface area contributed by atoms with E-state index in [9.17, 15) is 4.79 Å². The zero-order valence-electron chi connectivity index (χ0n) is 9.71. The van der Waals surface area contributed by atoms with Crippen molar-refractivity contribution in [3.05, 3.63) is 52.4 Å². The molecular weight excluding hydrogens is 276 g/mol. The smallest absolute Gasteiger partial charge is 0.268 e. The van der Waals surface area contributed by atoms with Crippen LogP contribution in [0.25, 0.3) is 30.7 Å². The van der Waals surface area contributed by atoms with Crippen molar-refractivity contribution in [2.24, 2.45) is 0 Å². The maximum absolute atomic E-state index is 11.7. The highest BCUT2D eigenvalue weighted by Gasteiger charge is 2.11. The molecule has 0 fully saturated rings. The van der Waals surface area contributed by atoms with Crippen LogP contribution in [0.3, 0.4) is 0 Å². The van der Waals surface area contributed by atoms with Crippen molar-refractivity contribution in [1.29, 1.82) is 0 Å². The summed E-state index contributed by atoms with van der Waals surface area (Å²) in [7, 11) is 0. The van der Waals surface area contributed by atoms with Gasteiger partial charge in [0.05, 0.1) is 11.8 Å². The summed E-state index contributed by atoms with van der Waals surface area (Å²) in [6.45, 7) is 0. The lowest BCUT2D eigenvalue weighted by atomic mass is 10.1. The first-order valence-corrected chi connectivity index (χ1v) is 7.46. The standard InChI is InChI=1S/C14H8N2OS2/c17-14-13-10(15-7-16-14)5-12(19-13)9-6-18-11-4-2-1-3-8(9)11/h1-7H,(H,15,16,17).